The SMILES string of the molecule is CCCC(CS)CN1CCS(=O)(=O)CC1. The molecule has 15 heavy (non-hydrogen) atoms. The zero-order valence-electron chi connectivity index (χ0n) is 9.35. The average molecular weight is 251 g/mol. The van der Waals surface area contributed by atoms with E-state index >= 15 is 0 Å². The Hall–Kier alpha value is 0.260. The van der Waals surface area contributed by atoms with E-state index in [2.05, 4.69) is 24.5 Å². The molecule has 0 aromatic rings. The maximum atomic E-state index is 11.2. The second kappa shape index (κ2) is 6.11. The number of rotatable bonds is 5. The van der Waals surface area contributed by atoms with E-state index in [0.717, 1.165) is 12.3 Å². The zero-order chi connectivity index (χ0) is 11.3. The third-order valence-electron chi connectivity index (χ3n) is 2.91. The third kappa shape index (κ3) is 4.74. The van der Waals surface area contributed by atoms with Gasteiger partial charge in [-0.2, -0.15) is 12.6 Å². The average Bonchev–Trinajstić information content (AvgIpc) is 2.20. The molecule has 5 heteroatoms. The van der Waals surface area contributed by atoms with Crippen LogP contribution in [0.3, 0.4) is 0 Å². The van der Waals surface area contributed by atoms with E-state index in [1.54, 1.807) is 0 Å². The van der Waals surface area contributed by atoms with Crippen LogP contribution in [0.15, 0.2) is 0 Å². The Morgan fingerprint density at radius 3 is 2.40 bits per heavy atom. The molecule has 0 aromatic heterocycles. The molecule has 1 heterocycles. The van der Waals surface area contributed by atoms with Crippen LogP contribution in [0, 0.1) is 5.92 Å². The monoisotopic (exact) mass is 251 g/mol. The van der Waals surface area contributed by atoms with Gasteiger partial charge in [0.1, 0.15) is 0 Å². The Morgan fingerprint density at radius 1 is 1.33 bits per heavy atom. The predicted molar refractivity (Wildman–Crippen MR) is 67.3 cm³/mol. The van der Waals surface area contributed by atoms with Gasteiger partial charge < -0.3 is 4.90 Å². The van der Waals surface area contributed by atoms with Gasteiger partial charge in [0.15, 0.2) is 9.84 Å². The van der Waals surface area contributed by atoms with Gasteiger partial charge in [-0.1, -0.05) is 13.3 Å². The lowest BCUT2D eigenvalue weighted by Gasteiger charge is -2.29. The number of sulfone groups is 1. The standard InChI is InChI=1S/C10H21NO2S2/c1-2-3-10(9-14)8-11-4-6-15(12,13)7-5-11/h10,14H,2-9H2,1H3. The van der Waals surface area contributed by atoms with Crippen LogP contribution in [0.5, 0.6) is 0 Å². The molecule has 0 amide bonds. The minimum atomic E-state index is -2.73. The second-order valence-corrected chi connectivity index (χ2v) is 6.96. The first kappa shape index (κ1) is 13.3. The molecule has 0 aliphatic carbocycles. The molecule has 0 spiro atoms. The molecule has 0 aromatic carbocycles. The fraction of sp³-hybridized carbons (Fsp3) is 1.00. The topological polar surface area (TPSA) is 37.4 Å². The highest BCUT2D eigenvalue weighted by atomic mass is 32.2. The smallest absolute Gasteiger partial charge is 0.152 e. The van der Waals surface area contributed by atoms with Crippen molar-refractivity contribution in [3.05, 3.63) is 0 Å². The Bertz CT molecular complexity index is 263. The predicted octanol–water partition coefficient (Wildman–Crippen LogP) is 1.06. The molecule has 1 aliphatic heterocycles. The molecule has 1 unspecified atom stereocenters. The molecular weight excluding hydrogens is 230 g/mol. The minimum absolute atomic E-state index is 0.332. The highest BCUT2D eigenvalue weighted by Gasteiger charge is 2.22. The van der Waals surface area contributed by atoms with Gasteiger partial charge in [-0.05, 0) is 18.1 Å². The summed E-state index contributed by atoms with van der Waals surface area (Å²) in [6, 6.07) is 0. The van der Waals surface area contributed by atoms with Crippen molar-refractivity contribution in [1.82, 2.24) is 4.90 Å². The van der Waals surface area contributed by atoms with Gasteiger partial charge in [-0.3, -0.25) is 0 Å². The van der Waals surface area contributed by atoms with Crippen LogP contribution in [-0.4, -0.2) is 50.2 Å². The van der Waals surface area contributed by atoms with Crippen LogP contribution in [0.25, 0.3) is 0 Å². The Kier molecular flexibility index (Phi) is 5.43. The quantitative estimate of drug-likeness (QED) is 0.743. The summed E-state index contributed by atoms with van der Waals surface area (Å²) in [5.74, 6) is 2.17. The van der Waals surface area contributed by atoms with Gasteiger partial charge in [0.05, 0.1) is 11.5 Å². The van der Waals surface area contributed by atoms with E-state index in [0.29, 0.717) is 30.5 Å². The molecule has 3 nitrogen and oxygen atoms in total. The summed E-state index contributed by atoms with van der Waals surface area (Å²) in [6.07, 6.45) is 2.37. The van der Waals surface area contributed by atoms with Gasteiger partial charge >= 0.3 is 0 Å². The van der Waals surface area contributed by atoms with Crippen LogP contribution in [-0.2, 0) is 9.84 Å². The molecule has 1 fully saturated rings. The summed E-state index contributed by atoms with van der Waals surface area (Å²) in [5.41, 5.74) is 0. The zero-order valence-corrected chi connectivity index (χ0v) is 11.1. The summed E-state index contributed by atoms with van der Waals surface area (Å²) in [6.45, 7) is 4.59. The van der Waals surface area contributed by atoms with Crippen LogP contribution < -0.4 is 0 Å². The van der Waals surface area contributed by atoms with Gasteiger partial charge in [0.2, 0.25) is 0 Å². The Morgan fingerprint density at radius 2 is 1.93 bits per heavy atom. The van der Waals surface area contributed by atoms with Crippen molar-refractivity contribution in [2.75, 3.05) is 36.9 Å². The summed E-state index contributed by atoms with van der Waals surface area (Å²) >= 11 is 4.34. The van der Waals surface area contributed by atoms with Crippen LogP contribution >= 0.6 is 12.6 Å². The number of nitrogens with zero attached hydrogens (tertiary/aromatic N) is 1. The molecule has 0 radical (unpaired) electrons. The Labute approximate surface area is 98.6 Å². The molecule has 1 aliphatic rings. The third-order valence-corrected chi connectivity index (χ3v) is 5.03. The first-order valence-electron chi connectivity index (χ1n) is 5.61. The van der Waals surface area contributed by atoms with E-state index in [4.69, 9.17) is 0 Å². The molecule has 0 bridgehead atoms. The fourth-order valence-corrected chi connectivity index (χ4v) is 3.52. The number of hydrogen-bond acceptors (Lipinski definition) is 4. The normalized spacial score (nSPS) is 23.9. The van der Waals surface area contributed by atoms with Gasteiger partial charge in [-0.15, -0.1) is 0 Å². The van der Waals surface area contributed by atoms with Crippen LogP contribution in [0.1, 0.15) is 19.8 Å². The molecular formula is C10H21NO2S2. The molecule has 90 valence electrons. The van der Waals surface area contributed by atoms with Crippen molar-refractivity contribution >= 4 is 22.5 Å². The first-order valence-corrected chi connectivity index (χ1v) is 8.06. The van der Waals surface area contributed by atoms with Gasteiger partial charge in [0.25, 0.3) is 0 Å². The van der Waals surface area contributed by atoms with Gasteiger partial charge in [0, 0.05) is 19.6 Å². The van der Waals surface area contributed by atoms with E-state index in [9.17, 15) is 8.42 Å². The number of thiol groups is 1. The molecule has 0 N–H and O–H groups in total. The largest absolute Gasteiger partial charge is 0.301 e. The van der Waals surface area contributed by atoms with Crippen LogP contribution in [0.4, 0.5) is 0 Å². The molecule has 1 rings (SSSR count). The number of hydrogen-bond donors (Lipinski definition) is 1. The lowest BCUT2D eigenvalue weighted by atomic mass is 10.1. The molecule has 1 saturated heterocycles. The van der Waals surface area contributed by atoms with Crippen molar-refractivity contribution < 1.29 is 8.42 Å². The van der Waals surface area contributed by atoms with E-state index in [1.165, 1.54) is 12.8 Å². The lowest BCUT2D eigenvalue weighted by Crippen LogP contribution is -2.42. The summed E-state index contributed by atoms with van der Waals surface area (Å²) in [5, 5.41) is 0. The summed E-state index contributed by atoms with van der Waals surface area (Å²) < 4.78 is 22.5. The second-order valence-electron chi connectivity index (χ2n) is 4.29. The van der Waals surface area contributed by atoms with Crippen molar-refractivity contribution in [3.63, 3.8) is 0 Å². The first-order chi connectivity index (χ1) is 7.07. The van der Waals surface area contributed by atoms with Crippen LogP contribution in [0.2, 0.25) is 0 Å². The fourth-order valence-electron chi connectivity index (χ4n) is 1.95. The maximum absolute atomic E-state index is 11.2. The van der Waals surface area contributed by atoms with Gasteiger partial charge in [-0.25, -0.2) is 8.42 Å². The molecule has 0 saturated carbocycles. The highest BCUT2D eigenvalue weighted by Crippen LogP contribution is 2.13. The van der Waals surface area contributed by atoms with E-state index in [1.807, 2.05) is 0 Å². The van der Waals surface area contributed by atoms with Crippen molar-refractivity contribution in [2.24, 2.45) is 5.92 Å². The lowest BCUT2D eigenvalue weighted by molar-refractivity contribution is 0.250. The van der Waals surface area contributed by atoms with E-state index in [-0.39, 0.29) is 0 Å². The van der Waals surface area contributed by atoms with Crippen molar-refractivity contribution in [3.8, 4) is 0 Å². The summed E-state index contributed by atoms with van der Waals surface area (Å²) in [7, 11) is -2.73. The van der Waals surface area contributed by atoms with Crippen molar-refractivity contribution in [1.29, 1.82) is 0 Å². The summed E-state index contributed by atoms with van der Waals surface area (Å²) in [4.78, 5) is 2.26. The maximum Gasteiger partial charge on any atom is 0.152 e. The highest BCUT2D eigenvalue weighted by molar-refractivity contribution is 7.91. The Balaban J connectivity index is 2.34. The molecule has 1 atom stereocenters. The van der Waals surface area contributed by atoms with E-state index < -0.39 is 9.84 Å². The van der Waals surface area contributed by atoms with Crippen molar-refractivity contribution in [2.45, 2.75) is 19.8 Å². The minimum Gasteiger partial charge on any atom is -0.301 e.